The average molecular weight is 183 g/mol. The zero-order valence-corrected chi connectivity index (χ0v) is 6.70. The highest BCUT2D eigenvalue weighted by Gasteiger charge is 2.44. The molecule has 64 valence electrons. The number of halogens is 3. The first kappa shape index (κ1) is 8.91. The molecule has 4 heteroatoms. The lowest BCUT2D eigenvalue weighted by Gasteiger charge is -2.09. The van der Waals surface area contributed by atoms with Crippen LogP contribution in [0, 0.1) is 5.41 Å². The van der Waals surface area contributed by atoms with Gasteiger partial charge in [-0.1, -0.05) is 0 Å². The van der Waals surface area contributed by atoms with Crippen LogP contribution in [0.5, 0.6) is 0 Å². The van der Waals surface area contributed by atoms with E-state index in [-0.39, 0.29) is 6.42 Å². The molecule has 1 aliphatic rings. The van der Waals surface area contributed by atoms with Gasteiger partial charge in [-0.15, -0.1) is 0 Å². The van der Waals surface area contributed by atoms with Crippen LogP contribution in [0.15, 0.2) is 0 Å². The normalized spacial score (nSPS) is 21.4. The van der Waals surface area contributed by atoms with Crippen molar-refractivity contribution in [1.82, 2.24) is 0 Å². The molecule has 0 bridgehead atoms. The number of rotatable bonds is 4. The molecule has 0 radical (unpaired) electrons. The molecule has 0 amide bonds. The molecule has 0 heterocycles. The van der Waals surface area contributed by atoms with Crippen LogP contribution in [0.1, 0.15) is 25.7 Å². The topological polar surface area (TPSA) is 17.1 Å². The summed E-state index contributed by atoms with van der Waals surface area (Å²) in [6.07, 6.45) is 2.07. The van der Waals surface area contributed by atoms with E-state index >= 15 is 0 Å². The molecule has 1 aliphatic carbocycles. The van der Waals surface area contributed by atoms with Crippen molar-refractivity contribution in [3.63, 3.8) is 0 Å². The monoisotopic (exact) mass is 182 g/mol. The van der Waals surface area contributed by atoms with Crippen molar-refractivity contribution in [2.45, 2.75) is 31.1 Å². The highest BCUT2D eigenvalue weighted by atomic mass is 35.5. The Balaban J connectivity index is 2.27. The van der Waals surface area contributed by atoms with Crippen LogP contribution in [-0.2, 0) is 4.79 Å². The predicted octanol–water partition coefficient (Wildman–Crippen LogP) is 2.58. The summed E-state index contributed by atoms with van der Waals surface area (Å²) in [6.45, 7) is 0. The summed E-state index contributed by atoms with van der Waals surface area (Å²) in [5.74, 6) is 0. The van der Waals surface area contributed by atoms with E-state index in [1.165, 1.54) is 0 Å². The Bertz CT molecular complexity index is 160. The Labute approximate surface area is 68.7 Å². The summed E-state index contributed by atoms with van der Waals surface area (Å²) in [5.41, 5.74) is -0.446. The lowest BCUT2D eigenvalue weighted by Crippen LogP contribution is -2.11. The van der Waals surface area contributed by atoms with Crippen molar-refractivity contribution >= 4 is 17.9 Å². The molecule has 0 aliphatic heterocycles. The summed E-state index contributed by atoms with van der Waals surface area (Å²) >= 11 is 4.67. The molecule has 0 N–H and O–H groups in total. The van der Waals surface area contributed by atoms with Crippen molar-refractivity contribution in [1.29, 1.82) is 0 Å². The standard InChI is InChI=1S/C7H9ClF2O/c8-7(9,10)4-3-6(5-11)1-2-6/h5H,1-4H2. The van der Waals surface area contributed by atoms with Crippen LogP contribution >= 0.6 is 11.6 Å². The third-order valence-electron chi connectivity index (χ3n) is 2.05. The Morgan fingerprint density at radius 2 is 2.09 bits per heavy atom. The Hall–Kier alpha value is -0.180. The summed E-state index contributed by atoms with van der Waals surface area (Å²) in [4.78, 5) is 10.3. The van der Waals surface area contributed by atoms with E-state index in [0.717, 1.165) is 19.1 Å². The second-order valence-electron chi connectivity index (χ2n) is 3.10. The van der Waals surface area contributed by atoms with Crippen LogP contribution in [0.3, 0.4) is 0 Å². The highest BCUT2D eigenvalue weighted by Crippen LogP contribution is 2.49. The molecule has 0 atom stereocenters. The molecule has 0 spiro atoms. The van der Waals surface area contributed by atoms with Crippen molar-refractivity contribution in [3.8, 4) is 0 Å². The van der Waals surface area contributed by atoms with Crippen molar-refractivity contribution in [2.75, 3.05) is 0 Å². The third-order valence-corrected chi connectivity index (χ3v) is 2.24. The van der Waals surface area contributed by atoms with Gasteiger partial charge in [0.05, 0.1) is 0 Å². The van der Waals surface area contributed by atoms with Gasteiger partial charge in [0, 0.05) is 11.8 Å². The van der Waals surface area contributed by atoms with Gasteiger partial charge in [-0.3, -0.25) is 0 Å². The van der Waals surface area contributed by atoms with E-state index in [9.17, 15) is 13.6 Å². The quantitative estimate of drug-likeness (QED) is 0.483. The highest BCUT2D eigenvalue weighted by molar-refractivity contribution is 6.21. The number of aldehydes is 1. The number of carbonyl (C=O) groups excluding carboxylic acids is 1. The molecule has 0 aromatic heterocycles. The van der Waals surface area contributed by atoms with Gasteiger partial charge in [-0.05, 0) is 30.9 Å². The fraction of sp³-hybridized carbons (Fsp3) is 0.857. The number of alkyl halides is 3. The minimum atomic E-state index is -3.14. The van der Waals surface area contributed by atoms with Crippen LogP contribution in [0.4, 0.5) is 8.78 Å². The van der Waals surface area contributed by atoms with Gasteiger partial charge >= 0.3 is 5.38 Å². The lowest BCUT2D eigenvalue weighted by atomic mass is 10.0. The maximum atomic E-state index is 12.1. The SMILES string of the molecule is O=CC1(CCC(F)(F)Cl)CC1. The van der Waals surface area contributed by atoms with Crippen molar-refractivity contribution in [3.05, 3.63) is 0 Å². The van der Waals surface area contributed by atoms with Gasteiger partial charge in [0.15, 0.2) is 0 Å². The molecule has 1 saturated carbocycles. The predicted molar refractivity (Wildman–Crippen MR) is 37.8 cm³/mol. The smallest absolute Gasteiger partial charge is 0.303 e. The van der Waals surface area contributed by atoms with Crippen LogP contribution in [-0.4, -0.2) is 11.7 Å². The summed E-state index contributed by atoms with van der Waals surface area (Å²) in [6, 6.07) is 0. The fourth-order valence-electron chi connectivity index (χ4n) is 0.978. The van der Waals surface area contributed by atoms with E-state index in [4.69, 9.17) is 0 Å². The molecular formula is C7H9ClF2O. The Kier molecular flexibility index (Phi) is 2.19. The van der Waals surface area contributed by atoms with Crippen molar-refractivity contribution in [2.24, 2.45) is 5.41 Å². The van der Waals surface area contributed by atoms with Gasteiger partial charge in [0.2, 0.25) is 0 Å². The van der Waals surface area contributed by atoms with E-state index in [0.29, 0.717) is 0 Å². The number of hydrogen-bond acceptors (Lipinski definition) is 1. The fourth-order valence-corrected chi connectivity index (χ4v) is 1.07. The third kappa shape index (κ3) is 2.73. The van der Waals surface area contributed by atoms with Gasteiger partial charge in [-0.2, -0.15) is 8.78 Å². The number of carbonyl (C=O) groups is 1. The molecule has 0 saturated heterocycles. The molecule has 1 fully saturated rings. The van der Waals surface area contributed by atoms with Crippen molar-refractivity contribution < 1.29 is 13.6 Å². The first-order valence-electron chi connectivity index (χ1n) is 3.51. The van der Waals surface area contributed by atoms with E-state index in [1.807, 2.05) is 0 Å². The molecule has 0 aromatic carbocycles. The van der Waals surface area contributed by atoms with E-state index in [2.05, 4.69) is 11.6 Å². The Morgan fingerprint density at radius 3 is 2.36 bits per heavy atom. The van der Waals surface area contributed by atoms with Crippen LogP contribution in [0.25, 0.3) is 0 Å². The van der Waals surface area contributed by atoms with Gasteiger partial charge < -0.3 is 4.79 Å². The average Bonchev–Trinajstić information content (AvgIpc) is 2.63. The molecule has 0 aromatic rings. The summed E-state index contributed by atoms with van der Waals surface area (Å²) in [7, 11) is 0. The van der Waals surface area contributed by atoms with Gasteiger partial charge in [0.1, 0.15) is 6.29 Å². The molecule has 1 rings (SSSR count). The minimum Gasteiger partial charge on any atom is -0.303 e. The second-order valence-corrected chi connectivity index (χ2v) is 3.65. The Morgan fingerprint density at radius 1 is 1.55 bits per heavy atom. The largest absolute Gasteiger partial charge is 0.321 e. The van der Waals surface area contributed by atoms with E-state index in [1.54, 1.807) is 0 Å². The summed E-state index contributed by atoms with van der Waals surface area (Å²) < 4.78 is 24.1. The summed E-state index contributed by atoms with van der Waals surface area (Å²) in [5, 5.41) is -3.14. The van der Waals surface area contributed by atoms with Gasteiger partial charge in [0.25, 0.3) is 0 Å². The van der Waals surface area contributed by atoms with Gasteiger partial charge in [-0.25, -0.2) is 0 Å². The first-order valence-corrected chi connectivity index (χ1v) is 3.88. The minimum absolute atomic E-state index is 0.215. The molecular weight excluding hydrogens is 174 g/mol. The van der Waals surface area contributed by atoms with Crippen LogP contribution < -0.4 is 0 Å². The molecule has 1 nitrogen and oxygen atoms in total. The zero-order valence-electron chi connectivity index (χ0n) is 5.95. The lowest BCUT2D eigenvalue weighted by molar-refractivity contribution is -0.112. The maximum Gasteiger partial charge on any atom is 0.321 e. The first-order chi connectivity index (χ1) is 4.97. The number of hydrogen-bond donors (Lipinski definition) is 0. The zero-order chi connectivity index (χ0) is 8.54. The molecule has 11 heavy (non-hydrogen) atoms. The van der Waals surface area contributed by atoms with Crippen LogP contribution in [0.2, 0.25) is 0 Å². The van der Waals surface area contributed by atoms with E-state index < -0.39 is 17.2 Å². The molecule has 0 unspecified atom stereocenters. The second kappa shape index (κ2) is 2.70. The maximum absolute atomic E-state index is 12.1.